The minimum absolute atomic E-state index is 0. The first-order valence-corrected chi connectivity index (χ1v) is 8.67. The molecule has 0 saturated heterocycles. The van der Waals surface area contributed by atoms with Crippen LogP contribution in [0.4, 0.5) is 0 Å². The topological polar surface area (TPSA) is 53.7 Å². The summed E-state index contributed by atoms with van der Waals surface area (Å²) in [7, 11) is 0. The molecule has 0 amide bonds. The van der Waals surface area contributed by atoms with Gasteiger partial charge in [-0.2, -0.15) is 0 Å². The van der Waals surface area contributed by atoms with Crippen LogP contribution < -0.4 is 10.6 Å². The van der Waals surface area contributed by atoms with E-state index in [2.05, 4.69) is 82.3 Å². The monoisotopic (exact) mass is 463 g/mol. The summed E-state index contributed by atoms with van der Waals surface area (Å²) >= 11 is 0. The molecule has 2 heterocycles. The molecule has 0 unspecified atom stereocenters. The summed E-state index contributed by atoms with van der Waals surface area (Å²) in [5, 5.41) is 6.65. The first-order valence-electron chi connectivity index (χ1n) is 8.67. The second-order valence-corrected chi connectivity index (χ2v) is 6.17. The molecule has 2 N–H and O–H groups in total. The van der Waals surface area contributed by atoms with Crippen molar-refractivity contribution in [2.24, 2.45) is 4.99 Å². The number of fused-ring (bicyclic) bond motifs is 1. The lowest BCUT2D eigenvalue weighted by molar-refractivity contribution is 0.804. The van der Waals surface area contributed by atoms with E-state index in [-0.39, 0.29) is 24.0 Å². The second kappa shape index (κ2) is 9.56. The number of aromatic nitrogens is 2. The molecule has 138 valence electrons. The van der Waals surface area contributed by atoms with Crippen LogP contribution >= 0.6 is 24.0 Å². The Morgan fingerprint density at radius 1 is 1.12 bits per heavy atom. The number of aliphatic imine (C=N–C) groups is 1. The van der Waals surface area contributed by atoms with Gasteiger partial charge in [-0.25, -0.2) is 9.98 Å². The third kappa shape index (κ3) is 5.20. The highest BCUT2D eigenvalue weighted by Gasteiger charge is 2.04. The summed E-state index contributed by atoms with van der Waals surface area (Å²) in [4.78, 5) is 9.32. The van der Waals surface area contributed by atoms with Crippen LogP contribution in [0.2, 0.25) is 0 Å². The van der Waals surface area contributed by atoms with Gasteiger partial charge in [0, 0.05) is 18.4 Å². The Labute approximate surface area is 172 Å². The normalized spacial score (nSPS) is 11.3. The van der Waals surface area contributed by atoms with Crippen LogP contribution in [-0.4, -0.2) is 21.9 Å². The standard InChI is InChI=1S/C20H25N5.HI/c1-4-21-20(22-12-17-9-5-7-15(2)11-17)23-13-18-14-25-16(3)8-6-10-19(25)24-18;/h5-11,14H,4,12-13H2,1-3H3,(H2,21,22,23);1H. The third-order valence-corrected chi connectivity index (χ3v) is 4.03. The number of imidazole rings is 1. The molecule has 0 spiro atoms. The summed E-state index contributed by atoms with van der Waals surface area (Å²) in [6, 6.07) is 14.6. The fourth-order valence-electron chi connectivity index (χ4n) is 2.78. The smallest absolute Gasteiger partial charge is 0.191 e. The molecule has 0 aliphatic heterocycles. The SMILES string of the molecule is CCNC(=NCc1cccc(C)c1)NCc1cn2c(C)cccc2n1.I. The molecule has 3 rings (SSSR count). The van der Waals surface area contributed by atoms with E-state index in [1.165, 1.54) is 16.8 Å². The van der Waals surface area contributed by atoms with Gasteiger partial charge in [-0.05, 0) is 38.5 Å². The number of nitrogens with one attached hydrogen (secondary N) is 2. The van der Waals surface area contributed by atoms with E-state index in [9.17, 15) is 0 Å². The van der Waals surface area contributed by atoms with Crippen LogP contribution in [0.3, 0.4) is 0 Å². The van der Waals surface area contributed by atoms with E-state index in [0.717, 1.165) is 23.8 Å². The van der Waals surface area contributed by atoms with Crippen molar-refractivity contribution >= 4 is 35.6 Å². The van der Waals surface area contributed by atoms with E-state index in [1.807, 2.05) is 12.1 Å². The van der Waals surface area contributed by atoms with Gasteiger partial charge in [0.25, 0.3) is 0 Å². The van der Waals surface area contributed by atoms with Gasteiger partial charge in [0.1, 0.15) is 5.65 Å². The average molecular weight is 463 g/mol. The Kier molecular flexibility index (Phi) is 7.44. The predicted molar refractivity (Wildman–Crippen MR) is 118 cm³/mol. The van der Waals surface area contributed by atoms with Crippen LogP contribution in [0.1, 0.15) is 29.4 Å². The van der Waals surface area contributed by atoms with Gasteiger partial charge in [-0.15, -0.1) is 24.0 Å². The first kappa shape index (κ1) is 20.2. The van der Waals surface area contributed by atoms with Gasteiger partial charge in [0.05, 0.1) is 18.8 Å². The lowest BCUT2D eigenvalue weighted by Gasteiger charge is -2.10. The van der Waals surface area contributed by atoms with Crippen molar-refractivity contribution in [3.05, 3.63) is 71.2 Å². The van der Waals surface area contributed by atoms with Crippen molar-refractivity contribution in [2.75, 3.05) is 6.54 Å². The molecule has 5 nitrogen and oxygen atoms in total. The van der Waals surface area contributed by atoms with Crippen molar-refractivity contribution in [1.82, 2.24) is 20.0 Å². The summed E-state index contributed by atoms with van der Waals surface area (Å²) in [5.74, 6) is 0.804. The molecule has 0 saturated carbocycles. The zero-order chi connectivity index (χ0) is 17.6. The maximum atomic E-state index is 4.67. The average Bonchev–Trinajstić information content (AvgIpc) is 3.02. The van der Waals surface area contributed by atoms with Crippen molar-refractivity contribution in [3.63, 3.8) is 0 Å². The number of guanidine groups is 1. The number of benzene rings is 1. The fraction of sp³-hybridized carbons (Fsp3) is 0.300. The zero-order valence-corrected chi connectivity index (χ0v) is 17.8. The Hall–Kier alpha value is -2.09. The van der Waals surface area contributed by atoms with Crippen molar-refractivity contribution < 1.29 is 0 Å². The van der Waals surface area contributed by atoms with Crippen molar-refractivity contribution in [3.8, 4) is 0 Å². The van der Waals surface area contributed by atoms with E-state index in [1.54, 1.807) is 0 Å². The highest BCUT2D eigenvalue weighted by Crippen LogP contribution is 2.08. The van der Waals surface area contributed by atoms with Gasteiger partial charge < -0.3 is 15.0 Å². The maximum absolute atomic E-state index is 4.67. The van der Waals surface area contributed by atoms with Crippen LogP contribution in [-0.2, 0) is 13.1 Å². The number of nitrogens with zero attached hydrogens (tertiary/aromatic N) is 3. The van der Waals surface area contributed by atoms with Crippen LogP contribution in [0.15, 0.2) is 53.7 Å². The van der Waals surface area contributed by atoms with Gasteiger partial charge in [-0.1, -0.05) is 35.9 Å². The third-order valence-electron chi connectivity index (χ3n) is 4.03. The zero-order valence-electron chi connectivity index (χ0n) is 15.5. The van der Waals surface area contributed by atoms with Crippen LogP contribution in [0.25, 0.3) is 5.65 Å². The quantitative estimate of drug-likeness (QED) is 0.344. The van der Waals surface area contributed by atoms with Crippen molar-refractivity contribution in [2.45, 2.75) is 33.9 Å². The van der Waals surface area contributed by atoms with Gasteiger partial charge in [0.2, 0.25) is 0 Å². The second-order valence-electron chi connectivity index (χ2n) is 6.17. The lowest BCUT2D eigenvalue weighted by Crippen LogP contribution is -2.36. The molecule has 0 aliphatic rings. The first-order chi connectivity index (χ1) is 12.2. The lowest BCUT2D eigenvalue weighted by atomic mass is 10.1. The minimum atomic E-state index is 0. The molecular formula is C20H26IN5. The summed E-state index contributed by atoms with van der Waals surface area (Å²) < 4.78 is 2.10. The van der Waals surface area contributed by atoms with E-state index in [4.69, 9.17) is 0 Å². The predicted octanol–water partition coefficient (Wildman–Crippen LogP) is 3.82. The largest absolute Gasteiger partial charge is 0.357 e. The molecular weight excluding hydrogens is 437 g/mol. The number of rotatable bonds is 5. The summed E-state index contributed by atoms with van der Waals surface area (Å²) in [6.45, 7) is 8.37. The number of hydrogen-bond donors (Lipinski definition) is 2. The molecule has 3 aromatic rings. The van der Waals surface area contributed by atoms with Gasteiger partial charge >= 0.3 is 0 Å². The minimum Gasteiger partial charge on any atom is -0.357 e. The van der Waals surface area contributed by atoms with E-state index < -0.39 is 0 Å². The highest BCUT2D eigenvalue weighted by atomic mass is 127. The Morgan fingerprint density at radius 3 is 2.65 bits per heavy atom. The van der Waals surface area contributed by atoms with Gasteiger partial charge in [0.15, 0.2) is 5.96 Å². The van der Waals surface area contributed by atoms with Gasteiger partial charge in [-0.3, -0.25) is 0 Å². The van der Waals surface area contributed by atoms with E-state index in [0.29, 0.717) is 13.1 Å². The summed E-state index contributed by atoms with van der Waals surface area (Å²) in [5.41, 5.74) is 5.61. The number of halogens is 1. The van der Waals surface area contributed by atoms with Crippen LogP contribution in [0.5, 0.6) is 0 Å². The Balaban J connectivity index is 0.00000243. The summed E-state index contributed by atoms with van der Waals surface area (Å²) in [6.07, 6.45) is 2.07. The molecule has 1 aromatic carbocycles. The number of pyridine rings is 1. The van der Waals surface area contributed by atoms with Crippen molar-refractivity contribution in [1.29, 1.82) is 0 Å². The van der Waals surface area contributed by atoms with Crippen LogP contribution in [0, 0.1) is 13.8 Å². The number of hydrogen-bond acceptors (Lipinski definition) is 2. The molecule has 0 bridgehead atoms. The Morgan fingerprint density at radius 2 is 1.92 bits per heavy atom. The molecule has 0 fully saturated rings. The molecule has 0 atom stereocenters. The number of aryl methyl sites for hydroxylation is 2. The van der Waals surface area contributed by atoms with E-state index >= 15 is 0 Å². The molecule has 2 aromatic heterocycles. The maximum Gasteiger partial charge on any atom is 0.191 e. The molecule has 0 aliphatic carbocycles. The highest BCUT2D eigenvalue weighted by molar-refractivity contribution is 14.0. The fourth-order valence-corrected chi connectivity index (χ4v) is 2.78. The molecule has 26 heavy (non-hydrogen) atoms. The Bertz CT molecular complexity index is 885. The molecule has 6 heteroatoms. The molecule has 0 radical (unpaired) electrons.